The van der Waals surface area contributed by atoms with Crippen molar-refractivity contribution < 1.29 is 0 Å². The molecule has 1 fully saturated rings. The normalized spacial score (nSPS) is 19.8. The SMILES string of the molecule is CC1(C)CN(c2nc(N)cc(Br)n2)CCS1. The van der Waals surface area contributed by atoms with Crippen LogP contribution in [-0.2, 0) is 0 Å². The Morgan fingerprint density at radius 3 is 2.88 bits per heavy atom. The van der Waals surface area contributed by atoms with E-state index in [-0.39, 0.29) is 4.75 Å². The molecular weight excluding hydrogens is 288 g/mol. The van der Waals surface area contributed by atoms with Gasteiger partial charge in [-0.1, -0.05) is 0 Å². The highest BCUT2D eigenvalue weighted by Crippen LogP contribution is 2.31. The molecule has 0 bridgehead atoms. The highest BCUT2D eigenvalue weighted by Gasteiger charge is 2.28. The summed E-state index contributed by atoms with van der Waals surface area (Å²) in [6, 6.07) is 1.72. The van der Waals surface area contributed by atoms with Crippen molar-refractivity contribution in [2.75, 3.05) is 29.5 Å². The lowest BCUT2D eigenvalue weighted by atomic mass is 10.2. The van der Waals surface area contributed by atoms with Crippen LogP contribution in [0, 0.1) is 0 Å². The fourth-order valence-electron chi connectivity index (χ4n) is 1.75. The minimum atomic E-state index is 0.249. The van der Waals surface area contributed by atoms with Gasteiger partial charge in [0.1, 0.15) is 10.4 Å². The first-order valence-corrected chi connectivity index (χ1v) is 6.93. The lowest BCUT2D eigenvalue weighted by molar-refractivity contribution is 0.635. The number of aromatic nitrogens is 2. The molecule has 2 N–H and O–H groups in total. The van der Waals surface area contributed by atoms with Crippen molar-refractivity contribution in [2.24, 2.45) is 0 Å². The van der Waals surface area contributed by atoms with Gasteiger partial charge >= 0.3 is 0 Å². The second-order valence-electron chi connectivity index (χ2n) is 4.45. The van der Waals surface area contributed by atoms with E-state index < -0.39 is 0 Å². The van der Waals surface area contributed by atoms with Crippen LogP contribution in [0.25, 0.3) is 0 Å². The molecule has 0 radical (unpaired) electrons. The van der Waals surface area contributed by atoms with Crippen LogP contribution >= 0.6 is 27.7 Å². The molecule has 4 nitrogen and oxygen atoms in total. The Labute approximate surface area is 108 Å². The number of nitrogens with zero attached hydrogens (tertiary/aromatic N) is 3. The molecule has 0 aromatic carbocycles. The zero-order valence-electron chi connectivity index (χ0n) is 9.40. The molecule has 0 atom stereocenters. The van der Waals surface area contributed by atoms with E-state index in [0.29, 0.717) is 5.82 Å². The molecule has 2 rings (SSSR count). The third-order valence-corrected chi connectivity index (χ3v) is 4.11. The van der Waals surface area contributed by atoms with Crippen molar-refractivity contribution in [3.8, 4) is 0 Å². The minimum absolute atomic E-state index is 0.249. The maximum atomic E-state index is 5.72. The number of halogens is 1. The summed E-state index contributed by atoms with van der Waals surface area (Å²) < 4.78 is 0.990. The third kappa shape index (κ3) is 2.79. The van der Waals surface area contributed by atoms with Crippen molar-refractivity contribution in [1.29, 1.82) is 0 Å². The molecule has 6 heteroatoms. The lowest BCUT2D eigenvalue weighted by Gasteiger charge is -2.37. The van der Waals surface area contributed by atoms with Crippen molar-refractivity contribution in [1.82, 2.24) is 9.97 Å². The molecule has 1 aromatic heterocycles. The van der Waals surface area contributed by atoms with Crippen LogP contribution in [0.4, 0.5) is 11.8 Å². The van der Waals surface area contributed by atoms with Crippen LogP contribution in [0.15, 0.2) is 10.7 Å². The molecule has 0 unspecified atom stereocenters. The summed E-state index contributed by atoms with van der Waals surface area (Å²) in [5.74, 6) is 2.33. The monoisotopic (exact) mass is 302 g/mol. The van der Waals surface area contributed by atoms with Crippen LogP contribution in [0.3, 0.4) is 0 Å². The van der Waals surface area contributed by atoms with E-state index in [1.54, 1.807) is 6.07 Å². The van der Waals surface area contributed by atoms with Crippen molar-refractivity contribution >= 4 is 39.5 Å². The van der Waals surface area contributed by atoms with Gasteiger partial charge in [0, 0.05) is 29.7 Å². The molecular formula is C10H15BrN4S. The van der Waals surface area contributed by atoms with E-state index in [4.69, 9.17) is 5.73 Å². The van der Waals surface area contributed by atoms with Gasteiger partial charge in [-0.3, -0.25) is 0 Å². The Kier molecular flexibility index (Phi) is 3.30. The zero-order valence-corrected chi connectivity index (χ0v) is 11.8. The van der Waals surface area contributed by atoms with Crippen LogP contribution < -0.4 is 10.6 Å². The first kappa shape index (κ1) is 12.0. The quantitative estimate of drug-likeness (QED) is 0.806. The molecule has 0 saturated carbocycles. The average molecular weight is 303 g/mol. The molecule has 16 heavy (non-hydrogen) atoms. The van der Waals surface area contributed by atoms with Gasteiger partial charge in [0.05, 0.1) is 0 Å². The molecule has 0 spiro atoms. The van der Waals surface area contributed by atoms with E-state index in [1.807, 2.05) is 11.8 Å². The van der Waals surface area contributed by atoms with Crippen LogP contribution in [0.5, 0.6) is 0 Å². The van der Waals surface area contributed by atoms with Gasteiger partial charge < -0.3 is 10.6 Å². The van der Waals surface area contributed by atoms with Gasteiger partial charge in [0.2, 0.25) is 5.95 Å². The summed E-state index contributed by atoms with van der Waals surface area (Å²) >= 11 is 5.33. The Balaban J connectivity index is 2.23. The molecule has 1 aliphatic heterocycles. The summed E-state index contributed by atoms with van der Waals surface area (Å²) in [6.45, 7) is 6.41. The molecule has 1 aromatic rings. The number of hydrogen-bond donors (Lipinski definition) is 1. The van der Waals surface area contributed by atoms with Gasteiger partial charge in [-0.05, 0) is 29.8 Å². The second-order valence-corrected chi connectivity index (χ2v) is 7.06. The highest BCUT2D eigenvalue weighted by molar-refractivity contribution is 9.10. The van der Waals surface area contributed by atoms with Gasteiger partial charge in [0.25, 0.3) is 0 Å². The first-order chi connectivity index (χ1) is 7.46. The van der Waals surface area contributed by atoms with E-state index in [9.17, 15) is 0 Å². The smallest absolute Gasteiger partial charge is 0.228 e. The molecule has 0 aliphatic carbocycles. The molecule has 1 aliphatic rings. The van der Waals surface area contributed by atoms with Crippen molar-refractivity contribution in [2.45, 2.75) is 18.6 Å². The standard InChI is InChI=1S/C10H15BrN4S/c1-10(2)6-15(3-4-16-10)9-13-7(11)5-8(12)14-9/h5H,3-4,6H2,1-2H3,(H2,12,13,14). The topological polar surface area (TPSA) is 55.0 Å². The van der Waals surface area contributed by atoms with Crippen molar-refractivity contribution in [3.63, 3.8) is 0 Å². The van der Waals surface area contributed by atoms with Crippen LogP contribution in [0.1, 0.15) is 13.8 Å². The Bertz CT molecular complexity index is 376. The summed E-state index contributed by atoms with van der Waals surface area (Å²) in [7, 11) is 0. The number of nitrogens with two attached hydrogens (primary N) is 1. The number of thioether (sulfide) groups is 1. The fourth-order valence-corrected chi connectivity index (χ4v) is 3.26. The van der Waals surface area contributed by atoms with E-state index in [1.165, 1.54) is 0 Å². The number of rotatable bonds is 1. The molecule has 0 amide bonds. The predicted octanol–water partition coefficient (Wildman–Crippen LogP) is 2.15. The average Bonchev–Trinajstić information content (AvgIpc) is 2.14. The fraction of sp³-hybridized carbons (Fsp3) is 0.600. The largest absolute Gasteiger partial charge is 0.383 e. The van der Waals surface area contributed by atoms with Gasteiger partial charge in [-0.15, -0.1) is 0 Å². The maximum Gasteiger partial charge on any atom is 0.228 e. The van der Waals surface area contributed by atoms with Gasteiger partial charge in [-0.25, -0.2) is 4.98 Å². The molecule has 1 saturated heterocycles. The second kappa shape index (κ2) is 4.41. The molecule has 88 valence electrons. The van der Waals surface area contributed by atoms with E-state index >= 15 is 0 Å². The first-order valence-electron chi connectivity index (χ1n) is 5.15. The summed E-state index contributed by atoms with van der Waals surface area (Å²) in [4.78, 5) is 10.8. The minimum Gasteiger partial charge on any atom is -0.383 e. The number of nitrogen functional groups attached to an aromatic ring is 1. The number of anilines is 2. The van der Waals surface area contributed by atoms with Gasteiger partial charge in [0.15, 0.2) is 0 Å². The third-order valence-electron chi connectivity index (χ3n) is 2.41. The van der Waals surface area contributed by atoms with Crippen molar-refractivity contribution in [3.05, 3.63) is 10.7 Å². The maximum absolute atomic E-state index is 5.72. The Hall–Kier alpha value is -0.490. The van der Waals surface area contributed by atoms with Crippen LogP contribution in [-0.4, -0.2) is 33.6 Å². The van der Waals surface area contributed by atoms with Crippen LogP contribution in [0.2, 0.25) is 0 Å². The summed E-state index contributed by atoms with van der Waals surface area (Å²) in [5, 5.41) is 0. The lowest BCUT2D eigenvalue weighted by Crippen LogP contribution is -2.44. The highest BCUT2D eigenvalue weighted by atomic mass is 79.9. The summed E-state index contributed by atoms with van der Waals surface area (Å²) in [6.07, 6.45) is 0. The van der Waals surface area contributed by atoms with E-state index in [0.717, 1.165) is 29.4 Å². The Morgan fingerprint density at radius 2 is 2.25 bits per heavy atom. The Morgan fingerprint density at radius 1 is 1.50 bits per heavy atom. The molecule has 2 heterocycles. The predicted molar refractivity (Wildman–Crippen MR) is 72.9 cm³/mol. The number of hydrogen-bond acceptors (Lipinski definition) is 5. The van der Waals surface area contributed by atoms with Gasteiger partial charge in [-0.2, -0.15) is 16.7 Å². The zero-order chi connectivity index (χ0) is 11.8. The summed E-state index contributed by atoms with van der Waals surface area (Å²) in [5.41, 5.74) is 5.72. The van der Waals surface area contributed by atoms with E-state index in [2.05, 4.69) is 44.6 Å².